The fourth-order valence-corrected chi connectivity index (χ4v) is 9.71. The van der Waals surface area contributed by atoms with Crippen LogP contribution in [0.25, 0.3) is 21.7 Å². The summed E-state index contributed by atoms with van der Waals surface area (Å²) in [6.07, 6.45) is -4.14. The number of aliphatic hydroxyl groups is 1. The molecule has 3 aromatic carbocycles. The second kappa shape index (κ2) is 21.3. The van der Waals surface area contributed by atoms with Crippen LogP contribution in [0.3, 0.4) is 0 Å². The van der Waals surface area contributed by atoms with Gasteiger partial charge in [-0.05, 0) is 92.0 Å². The van der Waals surface area contributed by atoms with Gasteiger partial charge < -0.3 is 35.0 Å². The van der Waals surface area contributed by atoms with Crippen molar-refractivity contribution in [2.75, 3.05) is 36.2 Å². The highest BCUT2D eigenvalue weighted by molar-refractivity contribution is 7.81. The number of alkyl halides is 3. The number of anilines is 2. The maximum absolute atomic E-state index is 14.0. The SMILES string of the molecule is Cc1ncsc1-c1ccc(CNC(=O)[C@@H]2C[C@@H](O)CN2C(=O)C(NC(=O)CCOCCOc2ccc(-c3ccc(N4C(=S)N(c5ccc(C#N)c(C(F)(F)F)c5)C(=O)C4(C)C)cc3)nc2)C(C)(C)C)cc1. The monoisotopic (exact) mass is 1010 g/mol. The van der Waals surface area contributed by atoms with Gasteiger partial charge in [0, 0.05) is 37.2 Å². The van der Waals surface area contributed by atoms with E-state index in [1.54, 1.807) is 84.3 Å². The molecule has 2 fully saturated rings. The Hall–Kier alpha value is -6.79. The van der Waals surface area contributed by atoms with Crippen molar-refractivity contribution in [3.63, 3.8) is 0 Å². The number of benzene rings is 3. The molecule has 2 aliphatic heterocycles. The number of thiocarbonyl (C=S) groups is 1. The number of halogens is 3. The van der Waals surface area contributed by atoms with Gasteiger partial charge in [0.2, 0.25) is 17.7 Å². The Bertz CT molecular complexity index is 2830. The lowest BCUT2D eigenvalue weighted by Gasteiger charge is -2.35. The van der Waals surface area contributed by atoms with E-state index in [-0.39, 0.29) is 56.6 Å². The number of carbonyl (C=O) groups is 4. The highest BCUT2D eigenvalue weighted by Crippen LogP contribution is 2.40. The smallest absolute Gasteiger partial charge is 0.417 e. The van der Waals surface area contributed by atoms with Crippen molar-refractivity contribution in [2.45, 2.75) is 90.8 Å². The summed E-state index contributed by atoms with van der Waals surface area (Å²) in [5.41, 5.74) is 2.70. The number of amides is 4. The molecule has 2 aliphatic rings. The number of nitrogens with zero attached hydrogens (tertiary/aromatic N) is 6. The first kappa shape index (κ1) is 52.0. The lowest BCUT2D eigenvalue weighted by molar-refractivity contribution is -0.144. The number of hydrogen-bond acceptors (Lipinski definition) is 12. The molecule has 1 unspecified atom stereocenters. The number of aromatic nitrogens is 2. The minimum absolute atomic E-state index is 0.0202. The summed E-state index contributed by atoms with van der Waals surface area (Å²) in [5, 5.41) is 25.5. The zero-order valence-electron chi connectivity index (χ0n) is 39.9. The Morgan fingerprint density at radius 1 is 0.972 bits per heavy atom. The highest BCUT2D eigenvalue weighted by Gasteiger charge is 2.51. The number of nitrogens with one attached hydrogen (secondary N) is 2. The van der Waals surface area contributed by atoms with E-state index >= 15 is 0 Å². The first-order valence-corrected chi connectivity index (χ1v) is 24.0. The molecule has 0 saturated carbocycles. The largest absolute Gasteiger partial charge is 0.490 e. The fraction of sp³-hybridized carbons (Fsp3) is 0.373. The van der Waals surface area contributed by atoms with Crippen LogP contribution < -0.4 is 25.2 Å². The van der Waals surface area contributed by atoms with E-state index in [0.717, 1.165) is 44.3 Å². The summed E-state index contributed by atoms with van der Waals surface area (Å²) in [4.78, 5) is 68.1. The molecule has 20 heteroatoms. The fourth-order valence-electron chi connectivity index (χ4n) is 8.38. The van der Waals surface area contributed by atoms with Crippen LogP contribution in [0, 0.1) is 23.7 Å². The number of rotatable bonds is 16. The topological polar surface area (TPSA) is 190 Å². The number of β-amino-alcohol motifs (C(OH)–C–C–N with tert-alkyl or cyclic N) is 1. The Labute approximate surface area is 418 Å². The van der Waals surface area contributed by atoms with E-state index in [1.807, 2.05) is 52.0 Å². The molecule has 4 amide bonds. The average Bonchev–Trinajstić information content (AvgIpc) is 4.00. The quantitative estimate of drug-likeness (QED) is 0.0650. The van der Waals surface area contributed by atoms with Crippen LogP contribution in [0.5, 0.6) is 5.75 Å². The summed E-state index contributed by atoms with van der Waals surface area (Å²) >= 11 is 7.21. The van der Waals surface area contributed by atoms with Gasteiger partial charge in [-0.3, -0.25) is 29.1 Å². The third-order valence-corrected chi connectivity index (χ3v) is 13.5. The second-order valence-electron chi connectivity index (χ2n) is 18.7. The van der Waals surface area contributed by atoms with Crippen molar-refractivity contribution in [1.82, 2.24) is 25.5 Å². The van der Waals surface area contributed by atoms with Gasteiger partial charge in [-0.25, -0.2) is 4.98 Å². The summed E-state index contributed by atoms with van der Waals surface area (Å²) in [6, 6.07) is 21.0. The Morgan fingerprint density at radius 2 is 1.66 bits per heavy atom. The van der Waals surface area contributed by atoms with Crippen molar-refractivity contribution < 1.29 is 46.9 Å². The van der Waals surface area contributed by atoms with Crippen LogP contribution in [0.15, 0.2) is 90.6 Å². The molecule has 372 valence electrons. The van der Waals surface area contributed by atoms with Crippen LogP contribution in [0.4, 0.5) is 24.5 Å². The minimum atomic E-state index is -4.82. The summed E-state index contributed by atoms with van der Waals surface area (Å²) < 4.78 is 52.7. The van der Waals surface area contributed by atoms with Gasteiger partial charge in [0.15, 0.2) is 5.11 Å². The number of ether oxygens (including phenoxy) is 2. The predicted molar refractivity (Wildman–Crippen MR) is 265 cm³/mol. The molecule has 71 heavy (non-hydrogen) atoms. The first-order chi connectivity index (χ1) is 33.6. The molecule has 2 saturated heterocycles. The minimum Gasteiger partial charge on any atom is -0.490 e. The Kier molecular flexibility index (Phi) is 15.6. The summed E-state index contributed by atoms with van der Waals surface area (Å²) in [5.74, 6) is -1.34. The van der Waals surface area contributed by atoms with Crippen LogP contribution in [-0.4, -0.2) is 98.8 Å². The lowest BCUT2D eigenvalue weighted by atomic mass is 9.85. The number of thiazole rings is 1. The van der Waals surface area contributed by atoms with E-state index in [4.69, 9.17) is 21.7 Å². The molecule has 0 bridgehead atoms. The maximum atomic E-state index is 14.0. The zero-order valence-corrected chi connectivity index (χ0v) is 41.5. The van der Waals surface area contributed by atoms with Gasteiger partial charge in [0.05, 0.1) is 70.2 Å². The predicted octanol–water partition coefficient (Wildman–Crippen LogP) is 7.58. The van der Waals surface area contributed by atoms with Gasteiger partial charge >= 0.3 is 6.18 Å². The average molecular weight is 1010 g/mol. The second-order valence-corrected chi connectivity index (χ2v) is 20.0. The molecular weight excluding hydrogens is 958 g/mol. The van der Waals surface area contributed by atoms with E-state index in [9.17, 15) is 42.7 Å². The number of aliphatic hydroxyl groups excluding tert-OH is 1. The summed E-state index contributed by atoms with van der Waals surface area (Å²) in [7, 11) is 0. The van der Waals surface area contributed by atoms with Crippen molar-refractivity contribution >= 4 is 63.7 Å². The van der Waals surface area contributed by atoms with E-state index in [2.05, 4.69) is 20.6 Å². The highest BCUT2D eigenvalue weighted by atomic mass is 32.1. The third kappa shape index (κ3) is 11.7. The zero-order chi connectivity index (χ0) is 51.4. The lowest BCUT2D eigenvalue weighted by Crippen LogP contribution is -2.57. The summed E-state index contributed by atoms with van der Waals surface area (Å²) in [6.45, 7) is 11.2. The van der Waals surface area contributed by atoms with E-state index in [1.165, 1.54) is 11.0 Å². The number of likely N-dealkylation sites (tertiary alicyclic amines) is 1. The number of carbonyl (C=O) groups excluding carboxylic acids is 4. The number of aryl methyl sites for hydroxylation is 1. The standard InChI is InChI=1S/C51H53F3N8O7S2/c1-30-43(71-29-58-30)33-9-7-31(8-10-33)26-57-45(65)41-24-37(63)28-60(41)46(66)44(49(2,3)4)59-42(64)19-20-68-21-22-69-38-17-18-40(56-27-38)32-11-14-35(15-12-32)62-48(70)61(47(67)50(62,5)6)36-16-13-34(25-55)39(23-36)51(52,53)54/h7-18,23,27,29,37,41,44,63H,19-22,24,26,28H2,1-6H3,(H,57,65)(H,59,64)/t37-,41+,44?/m1/s1. The molecule has 15 nitrogen and oxygen atoms in total. The Morgan fingerprint density at radius 3 is 2.28 bits per heavy atom. The van der Waals surface area contributed by atoms with Crippen LogP contribution in [0.2, 0.25) is 0 Å². The van der Waals surface area contributed by atoms with Crippen molar-refractivity contribution in [3.8, 4) is 33.5 Å². The van der Waals surface area contributed by atoms with Crippen molar-refractivity contribution in [1.29, 1.82) is 5.26 Å². The first-order valence-electron chi connectivity index (χ1n) is 22.7. The van der Waals surface area contributed by atoms with Gasteiger partial charge in [-0.2, -0.15) is 18.4 Å². The molecule has 5 aromatic rings. The molecule has 0 spiro atoms. The number of hydrogen-bond donors (Lipinski definition) is 3. The van der Waals surface area contributed by atoms with Crippen molar-refractivity contribution in [2.24, 2.45) is 5.41 Å². The molecule has 0 aliphatic carbocycles. The van der Waals surface area contributed by atoms with E-state index < -0.39 is 70.1 Å². The van der Waals surface area contributed by atoms with E-state index in [0.29, 0.717) is 17.1 Å². The Balaban J connectivity index is 0.860. The molecule has 3 atom stereocenters. The van der Waals surface area contributed by atoms with Crippen LogP contribution in [-0.2, 0) is 36.6 Å². The number of pyridine rings is 1. The number of nitriles is 1. The molecule has 7 rings (SSSR count). The van der Waals surface area contributed by atoms with Crippen LogP contribution in [0.1, 0.15) is 69.8 Å². The molecule has 0 radical (unpaired) electrons. The normalized spacial score (nSPS) is 17.3. The molecule has 3 N–H and O–H groups in total. The van der Waals surface area contributed by atoms with Gasteiger partial charge in [-0.1, -0.05) is 57.2 Å². The van der Waals surface area contributed by atoms with Crippen LogP contribution >= 0.6 is 23.6 Å². The third-order valence-electron chi connectivity index (χ3n) is 12.2. The molecule has 4 heterocycles. The van der Waals surface area contributed by atoms with Gasteiger partial charge in [0.25, 0.3) is 5.91 Å². The molecular formula is C51H53F3N8O7S2. The molecule has 2 aromatic heterocycles. The maximum Gasteiger partial charge on any atom is 0.417 e. The van der Waals surface area contributed by atoms with Gasteiger partial charge in [-0.15, -0.1) is 11.3 Å². The van der Waals surface area contributed by atoms with Crippen molar-refractivity contribution in [3.05, 3.63) is 113 Å². The van der Waals surface area contributed by atoms with Gasteiger partial charge in [0.1, 0.15) is 30.0 Å².